The van der Waals surface area contributed by atoms with E-state index in [1.165, 1.54) is 5.56 Å². The molecule has 0 fully saturated rings. The molecular weight excluding hydrogens is 249 g/mol. The lowest BCUT2D eigenvalue weighted by atomic mass is 10.1. The molecule has 1 aromatic rings. The summed E-state index contributed by atoms with van der Waals surface area (Å²) in [6.07, 6.45) is 0. The van der Waals surface area contributed by atoms with Crippen LogP contribution in [0.15, 0.2) is 28.7 Å². The minimum atomic E-state index is 0. The van der Waals surface area contributed by atoms with Crippen LogP contribution in [-0.4, -0.2) is 19.0 Å². The van der Waals surface area contributed by atoms with Gasteiger partial charge in [0.2, 0.25) is 0 Å². The van der Waals surface area contributed by atoms with Crippen molar-refractivity contribution in [2.45, 2.75) is 13.0 Å². The van der Waals surface area contributed by atoms with E-state index in [0.29, 0.717) is 6.04 Å². The molecular formula is C10H15BrClN. The molecule has 0 aliphatic rings. The summed E-state index contributed by atoms with van der Waals surface area (Å²) < 4.78 is 1.14. The molecule has 0 spiro atoms. The van der Waals surface area contributed by atoms with Gasteiger partial charge in [-0.25, -0.2) is 0 Å². The van der Waals surface area contributed by atoms with E-state index >= 15 is 0 Å². The fraction of sp³-hybridized carbons (Fsp3) is 0.400. The first-order valence-corrected chi connectivity index (χ1v) is 4.82. The van der Waals surface area contributed by atoms with Gasteiger partial charge in [0.15, 0.2) is 0 Å². The fourth-order valence-corrected chi connectivity index (χ4v) is 1.30. The Morgan fingerprint density at radius 2 is 1.62 bits per heavy atom. The van der Waals surface area contributed by atoms with E-state index in [-0.39, 0.29) is 12.4 Å². The highest BCUT2D eigenvalue weighted by atomic mass is 79.9. The van der Waals surface area contributed by atoms with Crippen molar-refractivity contribution in [3.8, 4) is 0 Å². The van der Waals surface area contributed by atoms with Crippen LogP contribution in [0.5, 0.6) is 0 Å². The zero-order valence-electron chi connectivity index (χ0n) is 8.12. The van der Waals surface area contributed by atoms with Crippen molar-refractivity contribution >= 4 is 28.3 Å². The summed E-state index contributed by atoms with van der Waals surface area (Å²) in [4.78, 5) is 2.20. The first kappa shape index (κ1) is 12.9. The maximum atomic E-state index is 3.42. The van der Waals surface area contributed by atoms with Crippen LogP contribution < -0.4 is 0 Å². The number of halogens is 2. The van der Waals surface area contributed by atoms with E-state index < -0.39 is 0 Å². The van der Waals surface area contributed by atoms with Crippen molar-refractivity contribution in [3.05, 3.63) is 34.3 Å². The molecule has 1 nitrogen and oxygen atoms in total. The normalized spacial score (nSPS) is 12.4. The Morgan fingerprint density at radius 3 is 2.00 bits per heavy atom. The van der Waals surface area contributed by atoms with Crippen LogP contribution in [0.3, 0.4) is 0 Å². The van der Waals surface area contributed by atoms with Crippen LogP contribution in [0.2, 0.25) is 0 Å². The van der Waals surface area contributed by atoms with E-state index in [1.807, 2.05) is 0 Å². The Kier molecular flexibility index (Phi) is 5.61. The van der Waals surface area contributed by atoms with Crippen LogP contribution in [0, 0.1) is 0 Å². The predicted octanol–water partition coefficient (Wildman–Crippen LogP) is 3.49. The Labute approximate surface area is 94.7 Å². The molecule has 1 unspecified atom stereocenters. The molecule has 0 bridgehead atoms. The number of rotatable bonds is 2. The SMILES string of the molecule is CC(c1ccc(Br)cc1)N(C)C.Cl. The van der Waals surface area contributed by atoms with E-state index in [1.54, 1.807) is 0 Å². The maximum Gasteiger partial charge on any atom is 0.0313 e. The summed E-state index contributed by atoms with van der Waals surface area (Å²) >= 11 is 3.42. The summed E-state index contributed by atoms with van der Waals surface area (Å²) in [6, 6.07) is 8.94. The molecule has 0 saturated heterocycles. The lowest BCUT2D eigenvalue weighted by Crippen LogP contribution is -2.16. The summed E-state index contributed by atoms with van der Waals surface area (Å²) in [5.74, 6) is 0. The van der Waals surface area contributed by atoms with Crippen LogP contribution in [0.4, 0.5) is 0 Å². The third-order valence-corrected chi connectivity index (χ3v) is 2.66. The van der Waals surface area contributed by atoms with E-state index in [4.69, 9.17) is 0 Å². The largest absolute Gasteiger partial charge is 0.303 e. The number of hydrogen-bond acceptors (Lipinski definition) is 1. The molecule has 1 rings (SSSR count). The van der Waals surface area contributed by atoms with Gasteiger partial charge in [-0.3, -0.25) is 0 Å². The first-order chi connectivity index (χ1) is 5.61. The molecule has 0 amide bonds. The minimum absolute atomic E-state index is 0. The summed E-state index contributed by atoms with van der Waals surface area (Å²) in [6.45, 7) is 2.20. The van der Waals surface area contributed by atoms with Gasteiger partial charge in [-0.05, 0) is 38.7 Å². The Bertz CT molecular complexity index is 246. The van der Waals surface area contributed by atoms with Crippen LogP contribution >= 0.6 is 28.3 Å². The number of hydrogen-bond donors (Lipinski definition) is 0. The molecule has 0 aliphatic carbocycles. The van der Waals surface area contributed by atoms with E-state index in [9.17, 15) is 0 Å². The Balaban J connectivity index is 0.00000144. The lowest BCUT2D eigenvalue weighted by Gasteiger charge is -2.19. The summed E-state index contributed by atoms with van der Waals surface area (Å²) in [7, 11) is 4.18. The fourth-order valence-electron chi connectivity index (χ4n) is 1.04. The van der Waals surface area contributed by atoms with Gasteiger partial charge in [0.25, 0.3) is 0 Å². The van der Waals surface area contributed by atoms with Crippen molar-refractivity contribution in [1.29, 1.82) is 0 Å². The van der Waals surface area contributed by atoms with Crippen molar-refractivity contribution in [1.82, 2.24) is 4.90 Å². The second-order valence-electron chi connectivity index (χ2n) is 3.19. The molecule has 0 N–H and O–H groups in total. The molecule has 0 aliphatic heterocycles. The van der Waals surface area contributed by atoms with Crippen molar-refractivity contribution in [3.63, 3.8) is 0 Å². The van der Waals surface area contributed by atoms with Crippen LogP contribution in [-0.2, 0) is 0 Å². The van der Waals surface area contributed by atoms with Gasteiger partial charge < -0.3 is 4.90 Å². The first-order valence-electron chi connectivity index (χ1n) is 4.03. The highest BCUT2D eigenvalue weighted by Crippen LogP contribution is 2.19. The highest BCUT2D eigenvalue weighted by molar-refractivity contribution is 9.10. The number of benzene rings is 1. The second-order valence-corrected chi connectivity index (χ2v) is 4.11. The van der Waals surface area contributed by atoms with Gasteiger partial charge in [0, 0.05) is 10.5 Å². The van der Waals surface area contributed by atoms with Gasteiger partial charge in [0.05, 0.1) is 0 Å². The van der Waals surface area contributed by atoms with Crippen molar-refractivity contribution in [2.24, 2.45) is 0 Å². The monoisotopic (exact) mass is 263 g/mol. The predicted molar refractivity (Wildman–Crippen MR) is 63.5 cm³/mol. The summed E-state index contributed by atoms with van der Waals surface area (Å²) in [5.41, 5.74) is 1.35. The van der Waals surface area contributed by atoms with Crippen molar-refractivity contribution in [2.75, 3.05) is 14.1 Å². The second kappa shape index (κ2) is 5.63. The van der Waals surface area contributed by atoms with Gasteiger partial charge in [0.1, 0.15) is 0 Å². The van der Waals surface area contributed by atoms with E-state index in [2.05, 4.69) is 66.1 Å². The average Bonchev–Trinajstić information content (AvgIpc) is 2.04. The third kappa shape index (κ3) is 3.67. The van der Waals surface area contributed by atoms with Crippen molar-refractivity contribution < 1.29 is 0 Å². The molecule has 0 radical (unpaired) electrons. The highest BCUT2D eigenvalue weighted by Gasteiger charge is 2.05. The molecule has 0 aromatic heterocycles. The topological polar surface area (TPSA) is 3.24 Å². The number of nitrogens with zero attached hydrogens (tertiary/aromatic N) is 1. The molecule has 1 aromatic carbocycles. The molecule has 0 saturated carbocycles. The standard InChI is InChI=1S/C10H14BrN.ClH/c1-8(12(2)3)9-4-6-10(11)7-5-9;/h4-8H,1-3H3;1H. The average molecular weight is 265 g/mol. The van der Waals surface area contributed by atoms with Gasteiger partial charge in [-0.1, -0.05) is 28.1 Å². The molecule has 13 heavy (non-hydrogen) atoms. The van der Waals surface area contributed by atoms with Gasteiger partial charge in [-0.2, -0.15) is 0 Å². The lowest BCUT2D eigenvalue weighted by molar-refractivity contribution is 0.321. The smallest absolute Gasteiger partial charge is 0.0313 e. The van der Waals surface area contributed by atoms with Crippen LogP contribution in [0.1, 0.15) is 18.5 Å². The Morgan fingerprint density at radius 1 is 1.15 bits per heavy atom. The van der Waals surface area contributed by atoms with Gasteiger partial charge >= 0.3 is 0 Å². The van der Waals surface area contributed by atoms with Crippen LogP contribution in [0.25, 0.3) is 0 Å². The molecule has 1 atom stereocenters. The quantitative estimate of drug-likeness (QED) is 0.790. The zero-order valence-corrected chi connectivity index (χ0v) is 10.5. The molecule has 0 heterocycles. The molecule has 3 heteroatoms. The Hall–Kier alpha value is -0.0500. The summed E-state index contributed by atoms with van der Waals surface area (Å²) in [5, 5.41) is 0. The maximum absolute atomic E-state index is 3.42. The zero-order chi connectivity index (χ0) is 9.14. The van der Waals surface area contributed by atoms with E-state index in [0.717, 1.165) is 4.47 Å². The minimum Gasteiger partial charge on any atom is -0.303 e. The van der Waals surface area contributed by atoms with Gasteiger partial charge in [-0.15, -0.1) is 12.4 Å². The third-order valence-electron chi connectivity index (χ3n) is 2.13. The molecule has 74 valence electrons.